The van der Waals surface area contributed by atoms with E-state index in [1.807, 2.05) is 41.3 Å². The number of anilines is 1. The Hall–Kier alpha value is -3.44. The Kier molecular flexibility index (Phi) is 6.22. The zero-order valence-corrected chi connectivity index (χ0v) is 18.8. The minimum absolute atomic E-state index is 0.0601. The van der Waals surface area contributed by atoms with E-state index < -0.39 is 0 Å². The molecular weight excluding hydrogens is 410 g/mol. The first-order chi connectivity index (χ1) is 16.2. The van der Waals surface area contributed by atoms with Crippen molar-refractivity contribution >= 4 is 17.5 Å². The third-order valence-electron chi connectivity index (χ3n) is 6.70. The summed E-state index contributed by atoms with van der Waals surface area (Å²) in [5, 5.41) is 0. The highest BCUT2D eigenvalue weighted by molar-refractivity contribution is 5.97. The molecule has 3 aromatic carbocycles. The fraction of sp³-hybridized carbons (Fsp3) is 0.286. The number of carbonyl (C=O) groups excluding carboxylic acids is 2. The van der Waals surface area contributed by atoms with Gasteiger partial charge in [0.05, 0.1) is 6.04 Å². The monoisotopic (exact) mass is 439 g/mol. The normalized spacial score (nSPS) is 17.1. The lowest BCUT2D eigenvalue weighted by molar-refractivity contribution is -0.117. The van der Waals surface area contributed by atoms with Crippen molar-refractivity contribution in [3.8, 4) is 0 Å². The van der Waals surface area contributed by atoms with Gasteiger partial charge in [-0.05, 0) is 41.8 Å². The molecule has 168 valence electrons. The fourth-order valence-corrected chi connectivity index (χ4v) is 4.96. The molecule has 5 nitrogen and oxygen atoms in total. The highest BCUT2D eigenvalue weighted by Crippen LogP contribution is 2.30. The van der Waals surface area contributed by atoms with Gasteiger partial charge < -0.3 is 9.80 Å². The SMILES string of the molecule is O=C(c1ccc(N2CCCC2=O)cc1)N1CCN(C(c2ccccc2)c2ccccc2)CC1. The van der Waals surface area contributed by atoms with Gasteiger partial charge in [0.15, 0.2) is 0 Å². The van der Waals surface area contributed by atoms with Crippen LogP contribution in [0.25, 0.3) is 0 Å². The van der Waals surface area contributed by atoms with Crippen LogP contribution in [0.4, 0.5) is 5.69 Å². The molecule has 33 heavy (non-hydrogen) atoms. The summed E-state index contributed by atoms with van der Waals surface area (Å²) in [5.41, 5.74) is 4.11. The standard InChI is InChI=1S/C28H29N3O2/c32-26-12-7-17-31(26)25-15-13-24(14-16-25)28(33)30-20-18-29(19-21-30)27(22-8-3-1-4-9-22)23-10-5-2-6-11-23/h1-6,8-11,13-16,27H,7,12,17-21H2. The number of carbonyl (C=O) groups is 2. The van der Waals surface area contributed by atoms with Gasteiger partial charge in [-0.25, -0.2) is 0 Å². The number of rotatable bonds is 5. The molecule has 3 aromatic rings. The molecule has 2 heterocycles. The summed E-state index contributed by atoms with van der Waals surface area (Å²) >= 11 is 0. The quantitative estimate of drug-likeness (QED) is 0.593. The maximum atomic E-state index is 13.1. The summed E-state index contributed by atoms with van der Waals surface area (Å²) < 4.78 is 0. The van der Waals surface area contributed by atoms with E-state index >= 15 is 0 Å². The second-order valence-electron chi connectivity index (χ2n) is 8.75. The predicted octanol–water partition coefficient (Wildman–Crippen LogP) is 4.36. The van der Waals surface area contributed by atoms with E-state index in [4.69, 9.17) is 0 Å². The van der Waals surface area contributed by atoms with Crippen LogP contribution in [-0.2, 0) is 4.79 Å². The van der Waals surface area contributed by atoms with Gasteiger partial charge in [0.1, 0.15) is 0 Å². The van der Waals surface area contributed by atoms with Gasteiger partial charge in [-0.15, -0.1) is 0 Å². The molecule has 0 bridgehead atoms. The summed E-state index contributed by atoms with van der Waals surface area (Å²) in [6.07, 6.45) is 1.51. The molecule has 0 radical (unpaired) electrons. The van der Waals surface area contributed by atoms with Crippen molar-refractivity contribution in [2.24, 2.45) is 0 Å². The first-order valence-electron chi connectivity index (χ1n) is 11.7. The molecule has 0 spiro atoms. The van der Waals surface area contributed by atoms with Gasteiger partial charge in [-0.1, -0.05) is 60.7 Å². The summed E-state index contributed by atoms with van der Waals surface area (Å²) in [7, 11) is 0. The van der Waals surface area contributed by atoms with E-state index in [0.29, 0.717) is 25.1 Å². The molecule has 2 aliphatic rings. The van der Waals surface area contributed by atoms with Crippen molar-refractivity contribution in [2.45, 2.75) is 18.9 Å². The van der Waals surface area contributed by atoms with Crippen LogP contribution in [0.2, 0.25) is 0 Å². The number of hydrogen-bond acceptors (Lipinski definition) is 3. The third kappa shape index (κ3) is 4.55. The molecule has 0 aliphatic carbocycles. The maximum Gasteiger partial charge on any atom is 0.253 e. The Balaban J connectivity index is 1.27. The molecule has 0 unspecified atom stereocenters. The van der Waals surface area contributed by atoms with Crippen LogP contribution in [0.3, 0.4) is 0 Å². The summed E-state index contributed by atoms with van der Waals surface area (Å²) in [6.45, 7) is 3.79. The molecule has 5 heteroatoms. The average molecular weight is 440 g/mol. The first-order valence-corrected chi connectivity index (χ1v) is 11.7. The molecule has 0 saturated carbocycles. The Morgan fingerprint density at radius 3 is 1.79 bits per heavy atom. The lowest BCUT2D eigenvalue weighted by Crippen LogP contribution is -2.49. The number of nitrogens with zero attached hydrogens (tertiary/aromatic N) is 3. The van der Waals surface area contributed by atoms with E-state index in [9.17, 15) is 9.59 Å². The van der Waals surface area contributed by atoms with Gasteiger partial charge in [0, 0.05) is 50.4 Å². The van der Waals surface area contributed by atoms with Gasteiger partial charge in [0.2, 0.25) is 5.91 Å². The molecule has 5 rings (SSSR count). The Morgan fingerprint density at radius 1 is 0.697 bits per heavy atom. The van der Waals surface area contributed by atoms with Crippen molar-refractivity contribution in [3.63, 3.8) is 0 Å². The van der Waals surface area contributed by atoms with Crippen LogP contribution in [0.1, 0.15) is 40.4 Å². The Labute approximate surface area is 195 Å². The number of amides is 2. The molecule has 2 amide bonds. The van der Waals surface area contributed by atoms with Crippen LogP contribution in [-0.4, -0.2) is 54.3 Å². The van der Waals surface area contributed by atoms with Crippen molar-refractivity contribution in [1.82, 2.24) is 9.80 Å². The highest BCUT2D eigenvalue weighted by Gasteiger charge is 2.29. The van der Waals surface area contributed by atoms with Crippen LogP contribution < -0.4 is 4.90 Å². The maximum absolute atomic E-state index is 13.1. The molecule has 0 atom stereocenters. The zero-order valence-electron chi connectivity index (χ0n) is 18.8. The lowest BCUT2D eigenvalue weighted by Gasteiger charge is -2.39. The second kappa shape index (κ2) is 9.59. The van der Waals surface area contributed by atoms with Crippen LogP contribution >= 0.6 is 0 Å². The van der Waals surface area contributed by atoms with Gasteiger partial charge in [-0.2, -0.15) is 0 Å². The summed E-state index contributed by atoms with van der Waals surface area (Å²) in [6, 6.07) is 28.9. The minimum atomic E-state index is 0.0601. The molecule has 2 aliphatic heterocycles. The van der Waals surface area contributed by atoms with Gasteiger partial charge >= 0.3 is 0 Å². The van der Waals surface area contributed by atoms with Gasteiger partial charge in [0.25, 0.3) is 5.91 Å². The summed E-state index contributed by atoms with van der Waals surface area (Å²) in [4.78, 5) is 31.3. The van der Waals surface area contributed by atoms with Crippen molar-refractivity contribution < 1.29 is 9.59 Å². The van der Waals surface area contributed by atoms with E-state index in [1.165, 1.54) is 11.1 Å². The zero-order chi connectivity index (χ0) is 22.6. The summed E-state index contributed by atoms with van der Waals surface area (Å²) in [5.74, 6) is 0.224. The molecular formula is C28H29N3O2. The highest BCUT2D eigenvalue weighted by atomic mass is 16.2. The molecule has 0 N–H and O–H groups in total. The minimum Gasteiger partial charge on any atom is -0.336 e. The van der Waals surface area contributed by atoms with E-state index in [-0.39, 0.29) is 17.9 Å². The third-order valence-corrected chi connectivity index (χ3v) is 6.70. The molecule has 0 aromatic heterocycles. The van der Waals surface area contributed by atoms with Crippen LogP contribution in [0.15, 0.2) is 84.9 Å². The average Bonchev–Trinajstić information content (AvgIpc) is 3.31. The van der Waals surface area contributed by atoms with Crippen molar-refractivity contribution in [2.75, 3.05) is 37.6 Å². The van der Waals surface area contributed by atoms with Crippen molar-refractivity contribution in [3.05, 3.63) is 102 Å². The smallest absolute Gasteiger partial charge is 0.253 e. The lowest BCUT2D eigenvalue weighted by atomic mass is 9.96. The number of hydrogen-bond donors (Lipinski definition) is 0. The van der Waals surface area contributed by atoms with Gasteiger partial charge in [-0.3, -0.25) is 14.5 Å². The van der Waals surface area contributed by atoms with Crippen LogP contribution in [0.5, 0.6) is 0 Å². The fourth-order valence-electron chi connectivity index (χ4n) is 4.96. The first kappa shape index (κ1) is 21.4. The Bertz CT molecular complexity index is 1050. The molecule has 2 saturated heterocycles. The van der Waals surface area contributed by atoms with E-state index in [2.05, 4.69) is 53.4 Å². The number of benzene rings is 3. The van der Waals surface area contributed by atoms with Crippen molar-refractivity contribution in [1.29, 1.82) is 0 Å². The largest absolute Gasteiger partial charge is 0.336 e. The second-order valence-corrected chi connectivity index (χ2v) is 8.75. The van der Waals surface area contributed by atoms with E-state index in [0.717, 1.165) is 31.7 Å². The molecule has 2 fully saturated rings. The Morgan fingerprint density at radius 2 is 1.27 bits per heavy atom. The topological polar surface area (TPSA) is 43.9 Å². The van der Waals surface area contributed by atoms with Crippen LogP contribution in [0, 0.1) is 0 Å². The predicted molar refractivity (Wildman–Crippen MR) is 130 cm³/mol. The van der Waals surface area contributed by atoms with E-state index in [1.54, 1.807) is 4.90 Å². The number of piperazine rings is 1.